The normalized spacial score (nSPS) is 37.0. The predicted molar refractivity (Wildman–Crippen MR) is 77.9 cm³/mol. The SMILES string of the molecule is O=C(O)CSCc1nc(C23CC4CC(CC(C4)C2)C3)no1. The largest absolute Gasteiger partial charge is 0.481 e. The smallest absolute Gasteiger partial charge is 0.313 e. The van der Waals surface area contributed by atoms with Gasteiger partial charge in [-0.25, -0.2) is 0 Å². The number of rotatable bonds is 5. The number of carboxylic acid groups (broad SMARTS) is 1. The van der Waals surface area contributed by atoms with Gasteiger partial charge in [0.15, 0.2) is 5.82 Å². The van der Waals surface area contributed by atoms with Crippen LogP contribution in [0.15, 0.2) is 4.52 Å². The number of carbonyl (C=O) groups is 1. The van der Waals surface area contributed by atoms with Crippen LogP contribution in [0.4, 0.5) is 0 Å². The van der Waals surface area contributed by atoms with Crippen molar-refractivity contribution in [2.45, 2.75) is 49.7 Å². The zero-order valence-corrected chi connectivity index (χ0v) is 12.8. The summed E-state index contributed by atoms with van der Waals surface area (Å²) in [5.74, 6) is 3.82. The predicted octanol–water partition coefficient (Wildman–Crippen LogP) is 2.86. The summed E-state index contributed by atoms with van der Waals surface area (Å²) in [6.07, 6.45) is 7.87. The summed E-state index contributed by atoms with van der Waals surface area (Å²) in [6, 6.07) is 0. The highest BCUT2D eigenvalue weighted by Gasteiger charge is 2.53. The van der Waals surface area contributed by atoms with Gasteiger partial charge in [0.2, 0.25) is 5.89 Å². The van der Waals surface area contributed by atoms with E-state index in [9.17, 15) is 4.79 Å². The van der Waals surface area contributed by atoms with E-state index in [1.807, 2.05) is 0 Å². The topological polar surface area (TPSA) is 76.2 Å². The molecule has 0 amide bonds. The van der Waals surface area contributed by atoms with E-state index < -0.39 is 5.97 Å². The maximum atomic E-state index is 10.5. The van der Waals surface area contributed by atoms with Crippen LogP contribution >= 0.6 is 11.8 Å². The Morgan fingerprint density at radius 2 is 1.86 bits per heavy atom. The van der Waals surface area contributed by atoms with E-state index in [1.54, 1.807) is 0 Å². The van der Waals surface area contributed by atoms with Gasteiger partial charge in [0, 0.05) is 5.41 Å². The molecule has 4 aliphatic rings. The second kappa shape index (κ2) is 5.00. The van der Waals surface area contributed by atoms with Crippen molar-refractivity contribution in [1.29, 1.82) is 0 Å². The van der Waals surface area contributed by atoms with Crippen molar-refractivity contribution in [3.8, 4) is 0 Å². The van der Waals surface area contributed by atoms with Crippen LogP contribution in [0.3, 0.4) is 0 Å². The van der Waals surface area contributed by atoms with E-state index in [0.717, 1.165) is 23.6 Å². The Kier molecular flexibility index (Phi) is 3.24. The summed E-state index contributed by atoms with van der Waals surface area (Å²) in [4.78, 5) is 15.1. The molecule has 1 N–H and O–H groups in total. The highest BCUT2D eigenvalue weighted by atomic mass is 32.2. The zero-order valence-electron chi connectivity index (χ0n) is 12.0. The molecule has 0 aliphatic heterocycles. The van der Waals surface area contributed by atoms with E-state index in [1.165, 1.54) is 50.3 Å². The molecule has 4 aliphatic carbocycles. The molecule has 0 atom stereocenters. The maximum Gasteiger partial charge on any atom is 0.313 e. The molecule has 4 fully saturated rings. The van der Waals surface area contributed by atoms with Gasteiger partial charge in [0.25, 0.3) is 0 Å². The Bertz CT molecular complexity index is 522. The van der Waals surface area contributed by atoms with Crippen LogP contribution < -0.4 is 0 Å². The van der Waals surface area contributed by atoms with Gasteiger partial charge in [0.05, 0.1) is 11.5 Å². The van der Waals surface area contributed by atoms with E-state index in [-0.39, 0.29) is 11.2 Å². The van der Waals surface area contributed by atoms with Crippen LogP contribution in [0.25, 0.3) is 0 Å². The number of carboxylic acids is 1. The fraction of sp³-hybridized carbons (Fsp3) is 0.800. The Morgan fingerprint density at radius 3 is 2.43 bits per heavy atom. The molecule has 5 rings (SSSR count). The van der Waals surface area contributed by atoms with E-state index in [0.29, 0.717) is 11.6 Å². The molecule has 0 spiro atoms. The van der Waals surface area contributed by atoms with Crippen LogP contribution in [0.1, 0.15) is 50.2 Å². The minimum Gasteiger partial charge on any atom is -0.481 e. The van der Waals surface area contributed by atoms with E-state index in [4.69, 9.17) is 9.63 Å². The second-order valence-electron chi connectivity index (χ2n) is 7.10. The molecule has 4 bridgehead atoms. The van der Waals surface area contributed by atoms with Crippen molar-refractivity contribution in [1.82, 2.24) is 10.1 Å². The maximum absolute atomic E-state index is 10.5. The van der Waals surface area contributed by atoms with Crippen LogP contribution in [0, 0.1) is 17.8 Å². The lowest BCUT2D eigenvalue weighted by atomic mass is 9.49. The quantitative estimate of drug-likeness (QED) is 0.901. The first-order valence-electron chi connectivity index (χ1n) is 7.75. The Labute approximate surface area is 127 Å². The molecule has 4 saturated carbocycles. The minimum absolute atomic E-state index is 0.0785. The monoisotopic (exact) mass is 308 g/mol. The van der Waals surface area contributed by atoms with Crippen molar-refractivity contribution < 1.29 is 14.4 Å². The minimum atomic E-state index is -0.805. The van der Waals surface area contributed by atoms with Gasteiger partial charge in [-0.05, 0) is 56.3 Å². The molecule has 0 aromatic carbocycles. The van der Waals surface area contributed by atoms with Gasteiger partial charge in [0.1, 0.15) is 0 Å². The lowest BCUT2D eigenvalue weighted by Gasteiger charge is -2.55. The molecule has 0 saturated heterocycles. The van der Waals surface area contributed by atoms with Gasteiger partial charge in [-0.3, -0.25) is 4.79 Å². The molecule has 21 heavy (non-hydrogen) atoms. The lowest BCUT2D eigenvalue weighted by molar-refractivity contribution is -0.133. The average molecular weight is 308 g/mol. The summed E-state index contributed by atoms with van der Waals surface area (Å²) in [6.45, 7) is 0. The van der Waals surface area contributed by atoms with Crippen molar-refractivity contribution >= 4 is 17.7 Å². The molecule has 0 radical (unpaired) electrons. The first-order chi connectivity index (χ1) is 10.1. The Morgan fingerprint density at radius 1 is 1.24 bits per heavy atom. The number of nitrogens with zero attached hydrogens (tertiary/aromatic N) is 2. The molecule has 5 nitrogen and oxygen atoms in total. The summed E-state index contributed by atoms with van der Waals surface area (Å²) < 4.78 is 5.36. The molecular formula is C15H20N2O3S. The van der Waals surface area contributed by atoms with Crippen molar-refractivity contribution in [2.24, 2.45) is 17.8 Å². The third-order valence-corrected chi connectivity index (χ3v) is 6.33. The Hall–Kier alpha value is -1.04. The molecule has 1 aromatic rings. The highest BCUT2D eigenvalue weighted by Crippen LogP contribution is 2.60. The number of aliphatic carboxylic acids is 1. The van der Waals surface area contributed by atoms with Gasteiger partial charge < -0.3 is 9.63 Å². The second-order valence-corrected chi connectivity index (χ2v) is 8.08. The van der Waals surface area contributed by atoms with E-state index in [2.05, 4.69) is 10.1 Å². The highest BCUT2D eigenvalue weighted by molar-refractivity contribution is 7.99. The fourth-order valence-corrected chi connectivity index (χ4v) is 5.71. The summed E-state index contributed by atoms with van der Waals surface area (Å²) >= 11 is 1.31. The molecular weight excluding hydrogens is 288 g/mol. The third kappa shape index (κ3) is 2.47. The number of thioether (sulfide) groups is 1. The number of hydrogen-bond donors (Lipinski definition) is 1. The van der Waals surface area contributed by atoms with Gasteiger partial charge >= 0.3 is 5.97 Å². The third-order valence-electron chi connectivity index (χ3n) is 5.43. The molecule has 1 heterocycles. The van der Waals surface area contributed by atoms with Crippen LogP contribution in [0.2, 0.25) is 0 Å². The first-order valence-corrected chi connectivity index (χ1v) is 8.91. The van der Waals surface area contributed by atoms with Crippen LogP contribution in [0.5, 0.6) is 0 Å². The first kappa shape index (κ1) is 13.6. The van der Waals surface area contributed by atoms with Gasteiger partial charge in [-0.2, -0.15) is 4.98 Å². The molecule has 0 unspecified atom stereocenters. The van der Waals surface area contributed by atoms with Crippen molar-refractivity contribution in [3.63, 3.8) is 0 Å². The molecule has 6 heteroatoms. The van der Waals surface area contributed by atoms with Crippen LogP contribution in [-0.2, 0) is 16.0 Å². The molecule has 1 aromatic heterocycles. The average Bonchev–Trinajstić information content (AvgIpc) is 2.86. The van der Waals surface area contributed by atoms with Gasteiger partial charge in [-0.15, -0.1) is 11.8 Å². The lowest BCUT2D eigenvalue weighted by Crippen LogP contribution is -2.49. The van der Waals surface area contributed by atoms with Crippen molar-refractivity contribution in [3.05, 3.63) is 11.7 Å². The number of hydrogen-bond acceptors (Lipinski definition) is 5. The summed E-state index contributed by atoms with van der Waals surface area (Å²) in [7, 11) is 0. The summed E-state index contributed by atoms with van der Waals surface area (Å²) in [5, 5.41) is 12.9. The Balaban J connectivity index is 1.49. The number of aromatic nitrogens is 2. The van der Waals surface area contributed by atoms with Crippen molar-refractivity contribution in [2.75, 3.05) is 5.75 Å². The standard InChI is InChI=1S/C15H20N2O3S/c18-13(19)8-21-7-12-16-14(17-20-12)15-4-9-1-10(5-15)3-11(2-9)6-15/h9-11H,1-8H2,(H,18,19). The fourth-order valence-electron chi connectivity index (χ4n) is 5.14. The zero-order chi connectivity index (χ0) is 14.4. The molecule has 114 valence electrons. The van der Waals surface area contributed by atoms with E-state index >= 15 is 0 Å². The van der Waals surface area contributed by atoms with Crippen LogP contribution in [-0.4, -0.2) is 27.0 Å². The van der Waals surface area contributed by atoms with Gasteiger partial charge in [-0.1, -0.05) is 5.16 Å². The summed E-state index contributed by atoms with van der Waals surface area (Å²) in [5.41, 5.74) is 0.161.